The molecule has 3 nitrogen and oxygen atoms in total. The molecule has 1 aliphatic carbocycles. The molecule has 0 aromatic rings. The first kappa shape index (κ1) is 9.71. The summed E-state index contributed by atoms with van der Waals surface area (Å²) in [6, 6.07) is 0. The minimum absolute atomic E-state index is 0.263. The van der Waals surface area contributed by atoms with Gasteiger partial charge in [0.1, 0.15) is 0 Å². The summed E-state index contributed by atoms with van der Waals surface area (Å²) in [6.45, 7) is 2.79. The fraction of sp³-hybridized carbons (Fsp3) is 0.727. The summed E-state index contributed by atoms with van der Waals surface area (Å²) in [5, 5.41) is 3.37. The molecule has 0 saturated carbocycles. The maximum Gasteiger partial charge on any atom is 0.157 e. The Hall–Kier alpha value is -0.830. The Balaban J connectivity index is 1.71. The molecule has 1 heterocycles. The molecule has 0 bridgehead atoms. The van der Waals surface area contributed by atoms with Gasteiger partial charge in [-0.25, -0.2) is 0 Å². The van der Waals surface area contributed by atoms with Gasteiger partial charge in [-0.15, -0.1) is 0 Å². The standard InChI is InChI=1S/C11H17NO2/c13-11-2-1-10(7-11)12-8-9-3-5-14-6-4-9/h7,9,12H,1-6,8H2. The second-order valence-electron chi connectivity index (χ2n) is 4.07. The highest BCUT2D eigenvalue weighted by Gasteiger charge is 2.16. The van der Waals surface area contributed by atoms with Crippen LogP contribution < -0.4 is 5.32 Å². The number of hydrogen-bond donors (Lipinski definition) is 1. The number of rotatable bonds is 3. The molecular formula is C11H17NO2. The SMILES string of the molecule is O=C1C=C(NCC2CCOCC2)CC1. The quantitative estimate of drug-likeness (QED) is 0.736. The van der Waals surface area contributed by atoms with E-state index >= 15 is 0 Å². The summed E-state index contributed by atoms with van der Waals surface area (Å²) in [4.78, 5) is 11.0. The predicted octanol–water partition coefficient (Wildman–Crippen LogP) is 1.25. The second kappa shape index (κ2) is 4.60. The van der Waals surface area contributed by atoms with Crippen molar-refractivity contribution in [1.29, 1.82) is 0 Å². The van der Waals surface area contributed by atoms with Crippen LogP contribution in [0.1, 0.15) is 25.7 Å². The summed E-state index contributed by atoms with van der Waals surface area (Å²) in [7, 11) is 0. The molecule has 0 atom stereocenters. The van der Waals surface area contributed by atoms with E-state index in [2.05, 4.69) is 5.32 Å². The first-order valence-electron chi connectivity index (χ1n) is 5.39. The Kier molecular flexibility index (Phi) is 3.19. The largest absolute Gasteiger partial charge is 0.388 e. The van der Waals surface area contributed by atoms with E-state index in [1.165, 1.54) is 0 Å². The van der Waals surface area contributed by atoms with Crippen LogP contribution in [-0.4, -0.2) is 25.5 Å². The molecule has 78 valence electrons. The van der Waals surface area contributed by atoms with Gasteiger partial charge in [-0.1, -0.05) is 0 Å². The highest BCUT2D eigenvalue weighted by molar-refractivity contribution is 5.92. The molecule has 1 N–H and O–H groups in total. The van der Waals surface area contributed by atoms with Gasteiger partial charge in [-0.2, -0.15) is 0 Å². The topological polar surface area (TPSA) is 38.3 Å². The fourth-order valence-corrected chi connectivity index (χ4v) is 1.96. The molecule has 3 heteroatoms. The van der Waals surface area contributed by atoms with Crippen LogP contribution in [0.4, 0.5) is 0 Å². The van der Waals surface area contributed by atoms with E-state index in [0.29, 0.717) is 6.42 Å². The molecule has 0 aromatic carbocycles. The van der Waals surface area contributed by atoms with Crippen molar-refractivity contribution >= 4 is 5.78 Å². The average molecular weight is 195 g/mol. The number of allylic oxidation sites excluding steroid dienone is 2. The fourth-order valence-electron chi connectivity index (χ4n) is 1.96. The zero-order valence-electron chi connectivity index (χ0n) is 8.42. The number of carbonyl (C=O) groups excluding carboxylic acids is 1. The first-order valence-corrected chi connectivity index (χ1v) is 5.39. The summed E-state index contributed by atoms with van der Waals surface area (Å²) in [5.74, 6) is 0.986. The Morgan fingerprint density at radius 3 is 2.79 bits per heavy atom. The van der Waals surface area contributed by atoms with Crippen molar-refractivity contribution in [1.82, 2.24) is 5.32 Å². The molecule has 2 aliphatic rings. The van der Waals surface area contributed by atoms with Crippen LogP contribution in [0.25, 0.3) is 0 Å². The smallest absolute Gasteiger partial charge is 0.157 e. The molecule has 1 saturated heterocycles. The van der Waals surface area contributed by atoms with E-state index in [1.807, 2.05) is 0 Å². The minimum atomic E-state index is 0.263. The third-order valence-electron chi connectivity index (χ3n) is 2.93. The molecule has 0 aromatic heterocycles. The van der Waals surface area contributed by atoms with Gasteiger partial charge in [0.15, 0.2) is 5.78 Å². The van der Waals surface area contributed by atoms with E-state index in [4.69, 9.17) is 4.74 Å². The van der Waals surface area contributed by atoms with E-state index < -0.39 is 0 Å². The Morgan fingerprint density at radius 2 is 2.14 bits per heavy atom. The number of nitrogens with one attached hydrogen (secondary N) is 1. The van der Waals surface area contributed by atoms with E-state index in [9.17, 15) is 4.79 Å². The minimum Gasteiger partial charge on any atom is -0.388 e. The van der Waals surface area contributed by atoms with Gasteiger partial charge in [0.25, 0.3) is 0 Å². The van der Waals surface area contributed by atoms with Gasteiger partial charge in [0.05, 0.1) is 0 Å². The normalized spacial score (nSPS) is 23.7. The number of hydrogen-bond acceptors (Lipinski definition) is 3. The van der Waals surface area contributed by atoms with E-state index in [0.717, 1.165) is 50.6 Å². The van der Waals surface area contributed by atoms with Crippen LogP contribution in [0.3, 0.4) is 0 Å². The Morgan fingerprint density at radius 1 is 1.36 bits per heavy atom. The molecule has 14 heavy (non-hydrogen) atoms. The second-order valence-corrected chi connectivity index (χ2v) is 4.07. The van der Waals surface area contributed by atoms with Gasteiger partial charge < -0.3 is 10.1 Å². The molecule has 2 rings (SSSR count). The number of ketones is 1. The Bertz CT molecular complexity index is 242. The van der Waals surface area contributed by atoms with Gasteiger partial charge in [0, 0.05) is 38.0 Å². The average Bonchev–Trinajstić information content (AvgIpc) is 2.63. The molecule has 0 spiro atoms. The van der Waals surface area contributed by atoms with Gasteiger partial charge in [-0.05, 0) is 25.2 Å². The first-order chi connectivity index (χ1) is 6.84. The lowest BCUT2D eigenvalue weighted by Gasteiger charge is -2.22. The van der Waals surface area contributed by atoms with Crippen molar-refractivity contribution in [2.24, 2.45) is 5.92 Å². The highest BCUT2D eigenvalue weighted by Crippen LogP contribution is 2.16. The molecular weight excluding hydrogens is 178 g/mol. The van der Waals surface area contributed by atoms with Gasteiger partial charge in [-0.3, -0.25) is 4.79 Å². The van der Waals surface area contributed by atoms with Crippen molar-refractivity contribution in [3.63, 3.8) is 0 Å². The van der Waals surface area contributed by atoms with Gasteiger partial charge in [0.2, 0.25) is 0 Å². The van der Waals surface area contributed by atoms with Crippen LogP contribution in [-0.2, 0) is 9.53 Å². The van der Waals surface area contributed by atoms with Crippen LogP contribution >= 0.6 is 0 Å². The molecule has 0 unspecified atom stereocenters. The van der Waals surface area contributed by atoms with Crippen molar-refractivity contribution in [3.05, 3.63) is 11.8 Å². The van der Waals surface area contributed by atoms with Gasteiger partial charge >= 0.3 is 0 Å². The summed E-state index contributed by atoms with van der Waals surface area (Å²) < 4.78 is 5.29. The molecule has 1 aliphatic heterocycles. The van der Waals surface area contributed by atoms with Crippen LogP contribution in [0.15, 0.2) is 11.8 Å². The lowest BCUT2D eigenvalue weighted by Crippen LogP contribution is -2.26. The molecule has 1 fully saturated rings. The van der Waals surface area contributed by atoms with E-state index in [1.54, 1.807) is 6.08 Å². The Labute approximate surface area is 84.5 Å². The van der Waals surface area contributed by atoms with Crippen molar-refractivity contribution in [3.8, 4) is 0 Å². The van der Waals surface area contributed by atoms with Crippen LogP contribution in [0.2, 0.25) is 0 Å². The monoisotopic (exact) mass is 195 g/mol. The summed E-state index contributed by atoms with van der Waals surface area (Å²) in [6.07, 6.45) is 5.64. The predicted molar refractivity (Wildman–Crippen MR) is 53.9 cm³/mol. The summed E-state index contributed by atoms with van der Waals surface area (Å²) >= 11 is 0. The van der Waals surface area contributed by atoms with Crippen molar-refractivity contribution in [2.45, 2.75) is 25.7 Å². The maximum atomic E-state index is 11.0. The molecule has 0 amide bonds. The molecule has 0 radical (unpaired) electrons. The maximum absolute atomic E-state index is 11.0. The number of ether oxygens (including phenoxy) is 1. The van der Waals surface area contributed by atoms with E-state index in [-0.39, 0.29) is 5.78 Å². The zero-order valence-corrected chi connectivity index (χ0v) is 8.42. The van der Waals surface area contributed by atoms with Crippen LogP contribution in [0, 0.1) is 5.92 Å². The summed E-state index contributed by atoms with van der Waals surface area (Å²) in [5.41, 5.74) is 1.13. The number of carbonyl (C=O) groups is 1. The van der Waals surface area contributed by atoms with Crippen molar-refractivity contribution < 1.29 is 9.53 Å². The van der Waals surface area contributed by atoms with Crippen molar-refractivity contribution in [2.75, 3.05) is 19.8 Å². The zero-order chi connectivity index (χ0) is 9.80. The highest BCUT2D eigenvalue weighted by atomic mass is 16.5. The lowest BCUT2D eigenvalue weighted by molar-refractivity contribution is -0.114. The third kappa shape index (κ3) is 2.58. The third-order valence-corrected chi connectivity index (χ3v) is 2.93. The lowest BCUT2D eigenvalue weighted by atomic mass is 10.0. The van der Waals surface area contributed by atoms with Crippen LogP contribution in [0.5, 0.6) is 0 Å².